The lowest BCUT2D eigenvalue weighted by Crippen LogP contribution is -2.51. The number of hydrogen-bond donors (Lipinski definition) is 2. The van der Waals surface area contributed by atoms with E-state index in [0.29, 0.717) is 24.9 Å². The Balaban J connectivity index is 2.19. The van der Waals surface area contributed by atoms with Crippen molar-refractivity contribution < 1.29 is 14.4 Å². The summed E-state index contributed by atoms with van der Waals surface area (Å²) in [4.78, 5) is 36.1. The summed E-state index contributed by atoms with van der Waals surface area (Å²) < 4.78 is 0. The first kappa shape index (κ1) is 15.2. The number of nitrogens with zero attached hydrogens (tertiary/aromatic N) is 1. The molecule has 1 atom stereocenters. The standard InChI is InChI=1S/C15H19N3O3/c1-16-12-5-3-4-10(9-19)11(12)8-18(2)13-6-7-14(20)17-15(13)21/h3-5,9,13,16H,6-8H2,1-2H3,(H,17,20,21). The normalized spacial score (nSPS) is 18.5. The molecule has 2 amide bonds. The number of rotatable bonds is 5. The molecule has 0 spiro atoms. The highest BCUT2D eigenvalue weighted by Gasteiger charge is 2.30. The monoisotopic (exact) mass is 289 g/mol. The number of amides is 2. The summed E-state index contributed by atoms with van der Waals surface area (Å²) in [5, 5.41) is 5.41. The maximum absolute atomic E-state index is 11.9. The summed E-state index contributed by atoms with van der Waals surface area (Å²) in [6.45, 7) is 0.456. The largest absolute Gasteiger partial charge is 0.388 e. The fourth-order valence-electron chi connectivity index (χ4n) is 2.59. The van der Waals surface area contributed by atoms with Gasteiger partial charge in [-0.15, -0.1) is 0 Å². The first-order valence-electron chi connectivity index (χ1n) is 6.85. The molecule has 6 heteroatoms. The van der Waals surface area contributed by atoms with E-state index in [2.05, 4.69) is 10.6 Å². The van der Waals surface area contributed by atoms with Crippen molar-refractivity contribution in [2.45, 2.75) is 25.4 Å². The van der Waals surface area contributed by atoms with Crippen molar-refractivity contribution >= 4 is 23.8 Å². The molecule has 21 heavy (non-hydrogen) atoms. The molecule has 1 aliphatic rings. The lowest BCUT2D eigenvalue weighted by Gasteiger charge is -2.30. The highest BCUT2D eigenvalue weighted by Crippen LogP contribution is 2.22. The second-order valence-electron chi connectivity index (χ2n) is 5.12. The molecular formula is C15H19N3O3. The van der Waals surface area contributed by atoms with Crippen LogP contribution in [0.25, 0.3) is 0 Å². The van der Waals surface area contributed by atoms with Crippen molar-refractivity contribution in [1.29, 1.82) is 0 Å². The average molecular weight is 289 g/mol. The molecule has 2 rings (SSSR count). The van der Waals surface area contributed by atoms with Gasteiger partial charge in [0.1, 0.15) is 6.29 Å². The zero-order valence-electron chi connectivity index (χ0n) is 12.2. The third-order valence-corrected chi connectivity index (χ3v) is 3.76. The van der Waals surface area contributed by atoms with Gasteiger partial charge in [-0.05, 0) is 25.1 Å². The minimum atomic E-state index is -0.355. The Labute approximate surface area is 123 Å². The summed E-state index contributed by atoms with van der Waals surface area (Å²) in [6, 6.07) is 5.10. The van der Waals surface area contributed by atoms with Crippen LogP contribution in [0, 0.1) is 0 Å². The van der Waals surface area contributed by atoms with E-state index < -0.39 is 0 Å². The molecule has 1 aromatic carbocycles. The Kier molecular flexibility index (Phi) is 4.70. The minimum absolute atomic E-state index is 0.228. The van der Waals surface area contributed by atoms with Gasteiger partial charge in [0.15, 0.2) is 0 Å². The first-order chi connectivity index (χ1) is 10.1. The third-order valence-electron chi connectivity index (χ3n) is 3.76. The number of nitrogens with one attached hydrogen (secondary N) is 2. The summed E-state index contributed by atoms with van der Waals surface area (Å²) in [6.07, 6.45) is 1.66. The van der Waals surface area contributed by atoms with E-state index in [9.17, 15) is 14.4 Å². The highest BCUT2D eigenvalue weighted by atomic mass is 16.2. The smallest absolute Gasteiger partial charge is 0.243 e. The van der Waals surface area contributed by atoms with Crippen molar-refractivity contribution in [3.8, 4) is 0 Å². The number of piperidine rings is 1. The number of benzene rings is 1. The molecule has 1 fully saturated rings. The molecule has 0 saturated carbocycles. The topological polar surface area (TPSA) is 78.5 Å². The number of likely N-dealkylation sites (N-methyl/N-ethyl adjacent to an activating group) is 1. The van der Waals surface area contributed by atoms with Gasteiger partial charge in [-0.25, -0.2) is 0 Å². The number of anilines is 1. The van der Waals surface area contributed by atoms with Crippen molar-refractivity contribution in [3.63, 3.8) is 0 Å². The number of imide groups is 1. The SMILES string of the molecule is CNc1cccc(C=O)c1CN(C)C1CCC(=O)NC1=O. The van der Waals surface area contributed by atoms with E-state index in [0.717, 1.165) is 17.5 Å². The van der Waals surface area contributed by atoms with E-state index in [-0.39, 0.29) is 17.9 Å². The van der Waals surface area contributed by atoms with Crippen LogP contribution in [0.1, 0.15) is 28.8 Å². The van der Waals surface area contributed by atoms with Gasteiger partial charge in [0.2, 0.25) is 11.8 Å². The van der Waals surface area contributed by atoms with Crippen molar-refractivity contribution in [3.05, 3.63) is 29.3 Å². The number of hydrogen-bond acceptors (Lipinski definition) is 5. The van der Waals surface area contributed by atoms with Gasteiger partial charge in [-0.1, -0.05) is 12.1 Å². The van der Waals surface area contributed by atoms with E-state index in [1.807, 2.05) is 24.1 Å². The molecule has 0 aromatic heterocycles. The summed E-state index contributed by atoms with van der Waals surface area (Å²) in [7, 11) is 3.61. The lowest BCUT2D eigenvalue weighted by molar-refractivity contribution is -0.137. The van der Waals surface area contributed by atoms with Crippen LogP contribution < -0.4 is 10.6 Å². The molecule has 112 valence electrons. The van der Waals surface area contributed by atoms with E-state index in [1.165, 1.54) is 0 Å². The summed E-state index contributed by atoms with van der Waals surface area (Å²) >= 11 is 0. The number of aldehydes is 1. The number of carbonyl (C=O) groups is 3. The first-order valence-corrected chi connectivity index (χ1v) is 6.85. The second-order valence-corrected chi connectivity index (χ2v) is 5.12. The Hall–Kier alpha value is -2.21. The molecule has 1 heterocycles. The fraction of sp³-hybridized carbons (Fsp3) is 0.400. The predicted octanol–water partition coefficient (Wildman–Crippen LogP) is 0.778. The van der Waals surface area contributed by atoms with Crippen LogP contribution in [0.5, 0.6) is 0 Å². The van der Waals surface area contributed by atoms with Crippen LogP contribution in [-0.4, -0.2) is 43.1 Å². The molecule has 1 unspecified atom stereocenters. The van der Waals surface area contributed by atoms with E-state index >= 15 is 0 Å². The molecule has 1 aliphatic heterocycles. The molecule has 6 nitrogen and oxygen atoms in total. The molecule has 0 bridgehead atoms. The van der Waals surface area contributed by atoms with Crippen LogP contribution >= 0.6 is 0 Å². The summed E-state index contributed by atoms with van der Waals surface area (Å²) in [5.41, 5.74) is 2.31. The van der Waals surface area contributed by atoms with E-state index in [1.54, 1.807) is 13.1 Å². The van der Waals surface area contributed by atoms with E-state index in [4.69, 9.17) is 0 Å². The molecule has 2 N–H and O–H groups in total. The van der Waals surface area contributed by atoms with Gasteiger partial charge in [-0.2, -0.15) is 0 Å². The Morgan fingerprint density at radius 3 is 2.81 bits per heavy atom. The molecule has 1 aromatic rings. The van der Waals surface area contributed by atoms with Crippen LogP contribution in [0.3, 0.4) is 0 Å². The van der Waals surface area contributed by atoms with Crippen LogP contribution in [0.4, 0.5) is 5.69 Å². The van der Waals surface area contributed by atoms with Gasteiger partial charge in [0, 0.05) is 31.3 Å². The molecule has 0 radical (unpaired) electrons. The number of carbonyl (C=O) groups excluding carboxylic acids is 3. The molecule has 1 saturated heterocycles. The third kappa shape index (κ3) is 3.28. The Morgan fingerprint density at radius 2 is 2.19 bits per heavy atom. The van der Waals surface area contributed by atoms with Crippen LogP contribution in [0.2, 0.25) is 0 Å². The minimum Gasteiger partial charge on any atom is -0.388 e. The zero-order valence-corrected chi connectivity index (χ0v) is 12.2. The Bertz CT molecular complexity index is 571. The Morgan fingerprint density at radius 1 is 1.43 bits per heavy atom. The van der Waals surface area contributed by atoms with Gasteiger partial charge < -0.3 is 5.32 Å². The van der Waals surface area contributed by atoms with Gasteiger partial charge >= 0.3 is 0 Å². The fourth-order valence-corrected chi connectivity index (χ4v) is 2.59. The quantitative estimate of drug-likeness (QED) is 0.618. The highest BCUT2D eigenvalue weighted by molar-refractivity contribution is 6.00. The van der Waals surface area contributed by atoms with Gasteiger partial charge in [0.05, 0.1) is 6.04 Å². The van der Waals surface area contributed by atoms with Crippen LogP contribution in [0.15, 0.2) is 18.2 Å². The summed E-state index contributed by atoms with van der Waals surface area (Å²) in [5.74, 6) is -0.503. The maximum atomic E-state index is 11.9. The van der Waals surface area contributed by atoms with Crippen molar-refractivity contribution in [2.75, 3.05) is 19.4 Å². The average Bonchev–Trinajstić information content (AvgIpc) is 2.47. The second kappa shape index (κ2) is 6.49. The molecular weight excluding hydrogens is 270 g/mol. The van der Waals surface area contributed by atoms with Gasteiger partial charge in [0.25, 0.3) is 0 Å². The van der Waals surface area contributed by atoms with Crippen LogP contribution in [-0.2, 0) is 16.1 Å². The molecule has 0 aliphatic carbocycles. The predicted molar refractivity (Wildman–Crippen MR) is 79.0 cm³/mol. The van der Waals surface area contributed by atoms with Crippen molar-refractivity contribution in [1.82, 2.24) is 10.2 Å². The maximum Gasteiger partial charge on any atom is 0.243 e. The lowest BCUT2D eigenvalue weighted by atomic mass is 10.0. The van der Waals surface area contributed by atoms with Gasteiger partial charge in [-0.3, -0.25) is 24.6 Å². The zero-order chi connectivity index (χ0) is 15.4. The van der Waals surface area contributed by atoms with Crippen molar-refractivity contribution in [2.24, 2.45) is 0 Å².